The van der Waals surface area contributed by atoms with Crippen LogP contribution >= 0.6 is 11.6 Å². The van der Waals surface area contributed by atoms with E-state index in [0.29, 0.717) is 28.3 Å². The average Bonchev–Trinajstić information content (AvgIpc) is 3.59. The Bertz CT molecular complexity index is 2340. The highest BCUT2D eigenvalue weighted by atomic mass is 35.5. The molecule has 1 heterocycles. The zero-order valence-corrected chi connectivity index (χ0v) is 28.7. The van der Waals surface area contributed by atoms with Gasteiger partial charge in [0.05, 0.1) is 22.6 Å². The van der Waals surface area contributed by atoms with Gasteiger partial charge in [-0.25, -0.2) is 17.9 Å². The summed E-state index contributed by atoms with van der Waals surface area (Å²) in [6.07, 6.45) is 0.306. The molecule has 0 aliphatic heterocycles. The predicted molar refractivity (Wildman–Crippen MR) is 197 cm³/mol. The van der Waals surface area contributed by atoms with E-state index in [1.807, 2.05) is 109 Å². The molecule has 0 fully saturated rings. The lowest BCUT2D eigenvalue weighted by atomic mass is 9.83. The van der Waals surface area contributed by atoms with Gasteiger partial charge in [0.25, 0.3) is 0 Å². The van der Waals surface area contributed by atoms with Crippen LogP contribution in [-0.2, 0) is 21.2 Å². The van der Waals surface area contributed by atoms with Crippen LogP contribution in [0.1, 0.15) is 46.1 Å². The van der Waals surface area contributed by atoms with Gasteiger partial charge in [-0.1, -0.05) is 144 Å². The molecule has 0 saturated heterocycles. The third-order valence-corrected chi connectivity index (χ3v) is 10.7. The first-order valence-corrected chi connectivity index (χ1v) is 18.2. The summed E-state index contributed by atoms with van der Waals surface area (Å²) in [5.74, 6) is -1.17. The number of nitrogens with zero attached hydrogens (tertiary/aromatic N) is 1. The summed E-state index contributed by atoms with van der Waals surface area (Å²) in [7, 11) is -4.05. The first-order chi connectivity index (χ1) is 24.4. The molecule has 50 heavy (non-hydrogen) atoms. The highest BCUT2D eigenvalue weighted by Crippen LogP contribution is 2.45. The third-order valence-electron chi connectivity index (χ3n) is 8.83. The summed E-state index contributed by atoms with van der Waals surface area (Å²) in [4.78, 5) is 14.3. The maximum Gasteiger partial charge on any atom is 0.344 e. The Morgan fingerprint density at radius 3 is 1.86 bits per heavy atom. The van der Waals surface area contributed by atoms with Crippen molar-refractivity contribution in [3.05, 3.63) is 167 Å². The van der Waals surface area contributed by atoms with Crippen molar-refractivity contribution in [2.45, 2.75) is 30.2 Å². The van der Waals surface area contributed by atoms with Gasteiger partial charge in [-0.3, -0.25) is 0 Å². The van der Waals surface area contributed by atoms with E-state index in [9.17, 15) is 13.2 Å². The molecule has 2 atom stereocenters. The highest BCUT2D eigenvalue weighted by molar-refractivity contribution is 7.89. The van der Waals surface area contributed by atoms with Crippen molar-refractivity contribution in [1.82, 2.24) is 9.88 Å². The van der Waals surface area contributed by atoms with E-state index < -0.39 is 28.0 Å². The van der Waals surface area contributed by atoms with Crippen LogP contribution in [0.25, 0.3) is 32.8 Å². The van der Waals surface area contributed by atoms with Gasteiger partial charge in [0.15, 0.2) is 5.76 Å². The number of sulfonamides is 1. The molecule has 0 radical (unpaired) electrons. The Hall–Kier alpha value is -5.28. The molecule has 7 nitrogen and oxygen atoms in total. The number of esters is 1. The number of carbonyl (C=O) groups excluding carboxylic acids is 1. The van der Waals surface area contributed by atoms with Crippen molar-refractivity contribution in [3.63, 3.8) is 0 Å². The van der Waals surface area contributed by atoms with E-state index in [4.69, 9.17) is 20.9 Å². The highest BCUT2D eigenvalue weighted by Gasteiger charge is 2.38. The fourth-order valence-electron chi connectivity index (χ4n) is 6.57. The Morgan fingerprint density at radius 2 is 1.28 bits per heavy atom. The number of fused-ring (bicyclic) bond motifs is 2. The normalized spacial score (nSPS) is 12.9. The van der Waals surface area contributed by atoms with Crippen molar-refractivity contribution in [2.24, 2.45) is 0 Å². The third kappa shape index (κ3) is 6.41. The van der Waals surface area contributed by atoms with Crippen LogP contribution in [-0.4, -0.2) is 26.2 Å². The summed E-state index contributed by atoms with van der Waals surface area (Å²) >= 11 is 6.95. The minimum atomic E-state index is -4.05. The number of halogens is 1. The minimum Gasteiger partial charge on any atom is -0.462 e. The Balaban J connectivity index is 1.51. The molecule has 0 aliphatic carbocycles. The number of rotatable bonds is 11. The summed E-state index contributed by atoms with van der Waals surface area (Å²) in [6, 6.07) is 41.7. The maximum absolute atomic E-state index is 14.2. The van der Waals surface area contributed by atoms with E-state index in [0.717, 1.165) is 27.1 Å². The second-order valence-electron chi connectivity index (χ2n) is 11.9. The molecule has 0 aliphatic rings. The lowest BCUT2D eigenvalue weighted by molar-refractivity contribution is 0.0523. The van der Waals surface area contributed by atoms with Crippen LogP contribution < -0.4 is 4.72 Å². The molecular formula is C41H33ClN2O5S. The number of carbonyl (C=O) groups is 1. The van der Waals surface area contributed by atoms with Gasteiger partial charge < -0.3 is 9.26 Å². The summed E-state index contributed by atoms with van der Waals surface area (Å²) < 4.78 is 43.0. The van der Waals surface area contributed by atoms with Crippen LogP contribution in [0.3, 0.4) is 0 Å². The zero-order chi connectivity index (χ0) is 34.7. The van der Waals surface area contributed by atoms with Crippen LogP contribution in [0.2, 0.25) is 5.02 Å². The molecule has 1 N–H and O–H groups in total. The van der Waals surface area contributed by atoms with Crippen LogP contribution in [0.15, 0.2) is 149 Å². The molecule has 7 rings (SSSR count). The first kappa shape index (κ1) is 33.2. The van der Waals surface area contributed by atoms with Gasteiger partial charge >= 0.3 is 5.97 Å². The first-order valence-electron chi connectivity index (χ1n) is 16.3. The zero-order valence-electron chi connectivity index (χ0n) is 27.1. The average molecular weight is 701 g/mol. The van der Waals surface area contributed by atoms with E-state index in [1.54, 1.807) is 37.3 Å². The fourth-order valence-corrected chi connectivity index (χ4v) is 8.18. The van der Waals surface area contributed by atoms with Crippen molar-refractivity contribution in [3.8, 4) is 11.3 Å². The smallest absolute Gasteiger partial charge is 0.344 e. The Labute approximate surface area is 295 Å². The Kier molecular flexibility index (Phi) is 9.50. The SMILES string of the molecule is CCOC(=O)c1c(-c2c3ccccc3c(Cl)c3ccccc23)noc1[C@@H](Cc1ccccc1)[C@H](NS(=O)(=O)c1ccccc1)c1ccccc1. The molecule has 6 aromatic carbocycles. The molecule has 250 valence electrons. The van der Waals surface area contributed by atoms with Crippen molar-refractivity contribution in [1.29, 1.82) is 0 Å². The number of ether oxygens (including phenoxy) is 1. The van der Waals surface area contributed by atoms with Crippen molar-refractivity contribution in [2.75, 3.05) is 6.61 Å². The molecule has 7 aromatic rings. The summed E-state index contributed by atoms with van der Waals surface area (Å²) in [5.41, 5.74) is 2.68. The lowest BCUT2D eigenvalue weighted by Gasteiger charge is -2.27. The molecule has 0 amide bonds. The van der Waals surface area contributed by atoms with Gasteiger partial charge in [-0.2, -0.15) is 0 Å². The lowest BCUT2D eigenvalue weighted by Crippen LogP contribution is -2.34. The summed E-state index contributed by atoms with van der Waals surface area (Å²) in [6.45, 7) is 1.84. The predicted octanol–water partition coefficient (Wildman–Crippen LogP) is 9.52. The van der Waals surface area contributed by atoms with Crippen molar-refractivity contribution < 1.29 is 22.5 Å². The van der Waals surface area contributed by atoms with Gasteiger partial charge in [0, 0.05) is 22.3 Å². The monoisotopic (exact) mass is 700 g/mol. The van der Waals surface area contributed by atoms with E-state index in [2.05, 4.69) is 9.88 Å². The Morgan fingerprint density at radius 1 is 0.760 bits per heavy atom. The largest absolute Gasteiger partial charge is 0.462 e. The topological polar surface area (TPSA) is 98.5 Å². The number of aromatic nitrogens is 1. The van der Waals surface area contributed by atoms with E-state index in [1.165, 1.54) is 0 Å². The standard InChI is InChI=1S/C41H33ClN2O5S/c1-2-48-41(45)36-39(35-30-22-12-14-24-32(30)37(42)33-25-15-13-23-31(33)35)43-49-40(36)34(26-27-16-6-3-7-17-27)38(28-18-8-4-9-19-28)44-50(46,47)29-20-10-5-11-21-29/h3-25,34,38,44H,2,26H2,1H3/t34-,38+/m0/s1. The maximum atomic E-state index is 14.2. The van der Waals surface area contributed by atoms with Crippen molar-refractivity contribution >= 4 is 49.1 Å². The van der Waals surface area contributed by atoms with E-state index >= 15 is 0 Å². The van der Waals surface area contributed by atoms with Crippen LogP contribution in [0.4, 0.5) is 0 Å². The van der Waals surface area contributed by atoms with Gasteiger partial charge in [0.2, 0.25) is 10.0 Å². The molecular weight excluding hydrogens is 668 g/mol. The van der Waals surface area contributed by atoms with E-state index in [-0.39, 0.29) is 22.8 Å². The van der Waals surface area contributed by atoms with Gasteiger partial charge in [-0.05, 0) is 47.4 Å². The summed E-state index contributed by atoms with van der Waals surface area (Å²) in [5, 5.41) is 8.35. The molecule has 9 heteroatoms. The second-order valence-corrected chi connectivity index (χ2v) is 14.0. The number of hydrogen-bond donors (Lipinski definition) is 1. The quantitative estimate of drug-likeness (QED) is 0.107. The second kappa shape index (κ2) is 14.3. The molecule has 0 saturated carbocycles. The van der Waals surface area contributed by atoms with Gasteiger partial charge in [-0.15, -0.1) is 0 Å². The number of nitrogens with one attached hydrogen (secondary N) is 1. The molecule has 0 bridgehead atoms. The molecule has 1 aromatic heterocycles. The number of hydrogen-bond acceptors (Lipinski definition) is 6. The fraction of sp³-hybridized carbons (Fsp3) is 0.122. The van der Waals surface area contributed by atoms with Crippen LogP contribution in [0, 0.1) is 0 Å². The van der Waals surface area contributed by atoms with Crippen LogP contribution in [0.5, 0.6) is 0 Å². The van der Waals surface area contributed by atoms with Gasteiger partial charge in [0.1, 0.15) is 11.3 Å². The molecule has 0 unspecified atom stereocenters. The molecule has 0 spiro atoms. The minimum absolute atomic E-state index is 0.108. The number of benzene rings is 6.